The summed E-state index contributed by atoms with van der Waals surface area (Å²) < 4.78 is 23.6. The predicted molar refractivity (Wildman–Crippen MR) is 83.5 cm³/mol. The third kappa shape index (κ3) is 4.29. The minimum Gasteiger partial charge on any atom is -0.493 e. The normalized spacial score (nSPS) is 11.4. The quantitative estimate of drug-likeness (QED) is 0.832. The van der Waals surface area contributed by atoms with Crippen molar-refractivity contribution in [1.82, 2.24) is 0 Å². The lowest BCUT2D eigenvalue weighted by molar-refractivity contribution is -0.122. The summed E-state index contributed by atoms with van der Waals surface area (Å²) in [6.45, 7) is 1.56. The van der Waals surface area contributed by atoms with Crippen LogP contribution in [0.4, 0.5) is 10.1 Å². The number of nitrogens with one attached hydrogen (secondary N) is 1. The standard InChI is InChI=1S/C17H16FNO4/c1-11(17(21)19-14-6-4-13(18)5-7-14)23-16-9-12(10-20)3-8-15(16)22-2/h3-11H,1-2H3,(H,19,21)/t11-/m1/s1. The number of anilines is 1. The molecule has 2 aromatic carbocycles. The maximum Gasteiger partial charge on any atom is 0.265 e. The highest BCUT2D eigenvalue weighted by molar-refractivity contribution is 5.94. The van der Waals surface area contributed by atoms with Crippen molar-refractivity contribution in [3.05, 3.63) is 53.8 Å². The minimum absolute atomic E-state index is 0.291. The highest BCUT2D eigenvalue weighted by Gasteiger charge is 2.17. The largest absolute Gasteiger partial charge is 0.493 e. The smallest absolute Gasteiger partial charge is 0.265 e. The first-order chi connectivity index (χ1) is 11.0. The van der Waals surface area contributed by atoms with Crippen LogP contribution >= 0.6 is 0 Å². The summed E-state index contributed by atoms with van der Waals surface area (Å²) in [5.41, 5.74) is 0.868. The lowest BCUT2D eigenvalue weighted by Gasteiger charge is -2.17. The number of benzene rings is 2. The summed E-state index contributed by atoms with van der Waals surface area (Å²) in [4.78, 5) is 23.0. The summed E-state index contributed by atoms with van der Waals surface area (Å²) in [5, 5.41) is 2.61. The van der Waals surface area contributed by atoms with Gasteiger partial charge in [-0.1, -0.05) is 0 Å². The first-order valence-corrected chi connectivity index (χ1v) is 6.90. The fraction of sp³-hybridized carbons (Fsp3) is 0.176. The van der Waals surface area contributed by atoms with E-state index in [1.165, 1.54) is 37.4 Å². The molecule has 120 valence electrons. The van der Waals surface area contributed by atoms with Gasteiger partial charge < -0.3 is 14.8 Å². The van der Waals surface area contributed by atoms with Gasteiger partial charge >= 0.3 is 0 Å². The molecule has 0 fully saturated rings. The summed E-state index contributed by atoms with van der Waals surface area (Å²) in [6.07, 6.45) is -0.161. The summed E-state index contributed by atoms with van der Waals surface area (Å²) in [6, 6.07) is 10.1. The number of carbonyl (C=O) groups is 2. The average Bonchev–Trinajstić information content (AvgIpc) is 2.56. The van der Waals surface area contributed by atoms with Gasteiger partial charge in [-0.15, -0.1) is 0 Å². The summed E-state index contributed by atoms with van der Waals surface area (Å²) >= 11 is 0. The van der Waals surface area contributed by atoms with E-state index < -0.39 is 12.0 Å². The molecule has 1 amide bonds. The van der Waals surface area contributed by atoms with Gasteiger partial charge in [0.1, 0.15) is 12.1 Å². The molecule has 6 heteroatoms. The Morgan fingerprint density at radius 2 is 1.87 bits per heavy atom. The predicted octanol–water partition coefficient (Wildman–Crippen LogP) is 3.05. The number of aldehydes is 1. The molecule has 0 spiro atoms. The second kappa shape index (κ2) is 7.40. The van der Waals surface area contributed by atoms with Crippen LogP contribution in [-0.2, 0) is 4.79 Å². The number of carbonyl (C=O) groups excluding carboxylic acids is 2. The molecule has 0 unspecified atom stereocenters. The Hall–Kier alpha value is -2.89. The van der Waals surface area contributed by atoms with E-state index in [1.807, 2.05) is 0 Å². The Morgan fingerprint density at radius 3 is 2.48 bits per heavy atom. The Labute approximate surface area is 133 Å². The third-order valence-electron chi connectivity index (χ3n) is 3.11. The van der Waals surface area contributed by atoms with Gasteiger partial charge in [-0.05, 0) is 49.4 Å². The van der Waals surface area contributed by atoms with Gasteiger partial charge in [-0.25, -0.2) is 4.39 Å². The molecule has 0 aliphatic rings. The van der Waals surface area contributed by atoms with Crippen LogP contribution in [0.2, 0.25) is 0 Å². The Morgan fingerprint density at radius 1 is 1.17 bits per heavy atom. The molecule has 0 aliphatic carbocycles. The zero-order chi connectivity index (χ0) is 16.8. The molecule has 0 radical (unpaired) electrons. The Bertz CT molecular complexity index is 700. The van der Waals surface area contributed by atoms with Crippen molar-refractivity contribution in [3.63, 3.8) is 0 Å². The van der Waals surface area contributed by atoms with Crippen LogP contribution in [0.25, 0.3) is 0 Å². The van der Waals surface area contributed by atoms with E-state index in [2.05, 4.69) is 5.32 Å². The van der Waals surface area contributed by atoms with Crippen LogP contribution in [0, 0.1) is 5.82 Å². The first-order valence-electron chi connectivity index (χ1n) is 6.90. The molecule has 23 heavy (non-hydrogen) atoms. The van der Waals surface area contributed by atoms with Gasteiger partial charge in [0, 0.05) is 11.3 Å². The highest BCUT2D eigenvalue weighted by atomic mass is 19.1. The van der Waals surface area contributed by atoms with Crippen molar-refractivity contribution in [2.75, 3.05) is 12.4 Å². The maximum absolute atomic E-state index is 12.8. The number of hydrogen-bond donors (Lipinski definition) is 1. The number of rotatable bonds is 6. The topological polar surface area (TPSA) is 64.6 Å². The number of hydrogen-bond acceptors (Lipinski definition) is 4. The monoisotopic (exact) mass is 317 g/mol. The molecular formula is C17H16FNO4. The molecule has 0 bridgehead atoms. The van der Waals surface area contributed by atoms with Gasteiger partial charge in [0.15, 0.2) is 17.6 Å². The van der Waals surface area contributed by atoms with Crippen molar-refractivity contribution >= 4 is 17.9 Å². The van der Waals surface area contributed by atoms with E-state index in [0.717, 1.165) is 0 Å². The third-order valence-corrected chi connectivity index (χ3v) is 3.11. The van der Waals surface area contributed by atoms with Gasteiger partial charge in [-0.3, -0.25) is 9.59 Å². The van der Waals surface area contributed by atoms with Crippen molar-refractivity contribution in [3.8, 4) is 11.5 Å². The van der Waals surface area contributed by atoms with Gasteiger partial charge in [0.2, 0.25) is 0 Å². The molecule has 0 aliphatic heterocycles. The molecule has 0 heterocycles. The Balaban J connectivity index is 2.08. The number of amides is 1. The van der Waals surface area contributed by atoms with Crippen molar-refractivity contribution in [1.29, 1.82) is 0 Å². The molecule has 5 nitrogen and oxygen atoms in total. The second-order valence-electron chi connectivity index (χ2n) is 4.78. The van der Waals surface area contributed by atoms with Crippen LogP contribution < -0.4 is 14.8 Å². The van der Waals surface area contributed by atoms with Crippen LogP contribution in [0.3, 0.4) is 0 Å². The van der Waals surface area contributed by atoms with Crippen LogP contribution in [0.5, 0.6) is 11.5 Å². The minimum atomic E-state index is -0.837. The fourth-order valence-electron chi connectivity index (χ4n) is 1.88. The van der Waals surface area contributed by atoms with E-state index in [-0.39, 0.29) is 5.82 Å². The van der Waals surface area contributed by atoms with Crippen molar-refractivity contribution in [2.45, 2.75) is 13.0 Å². The van der Waals surface area contributed by atoms with E-state index in [1.54, 1.807) is 19.1 Å². The fourth-order valence-corrected chi connectivity index (χ4v) is 1.88. The zero-order valence-corrected chi connectivity index (χ0v) is 12.7. The van der Waals surface area contributed by atoms with Gasteiger partial charge in [0.05, 0.1) is 7.11 Å². The number of methoxy groups -OCH3 is 1. The van der Waals surface area contributed by atoms with Crippen LogP contribution in [0.15, 0.2) is 42.5 Å². The van der Waals surface area contributed by atoms with E-state index >= 15 is 0 Å². The van der Waals surface area contributed by atoms with Crippen molar-refractivity contribution < 1.29 is 23.5 Å². The molecule has 2 rings (SSSR count). The second-order valence-corrected chi connectivity index (χ2v) is 4.78. The first kappa shape index (κ1) is 16.5. The lowest BCUT2D eigenvalue weighted by atomic mass is 10.2. The number of halogens is 1. The lowest BCUT2D eigenvalue weighted by Crippen LogP contribution is -2.30. The van der Waals surface area contributed by atoms with Crippen LogP contribution in [0.1, 0.15) is 17.3 Å². The number of ether oxygens (including phenoxy) is 2. The van der Waals surface area contributed by atoms with Gasteiger partial charge in [0.25, 0.3) is 5.91 Å². The van der Waals surface area contributed by atoms with Gasteiger partial charge in [-0.2, -0.15) is 0 Å². The maximum atomic E-state index is 12.8. The molecule has 0 saturated carbocycles. The summed E-state index contributed by atoms with van der Waals surface area (Å²) in [7, 11) is 1.46. The molecule has 1 N–H and O–H groups in total. The van der Waals surface area contributed by atoms with E-state index in [0.29, 0.717) is 29.0 Å². The molecule has 1 atom stereocenters. The molecular weight excluding hydrogens is 301 g/mol. The molecule has 0 saturated heterocycles. The molecule has 0 aromatic heterocycles. The molecule has 2 aromatic rings. The van der Waals surface area contributed by atoms with E-state index in [4.69, 9.17) is 9.47 Å². The SMILES string of the molecule is COc1ccc(C=O)cc1O[C@H](C)C(=O)Nc1ccc(F)cc1. The Kier molecular flexibility index (Phi) is 5.30. The van der Waals surface area contributed by atoms with E-state index in [9.17, 15) is 14.0 Å². The average molecular weight is 317 g/mol. The van der Waals surface area contributed by atoms with Crippen molar-refractivity contribution in [2.24, 2.45) is 0 Å². The van der Waals surface area contributed by atoms with Crippen LogP contribution in [-0.4, -0.2) is 25.4 Å². The highest BCUT2D eigenvalue weighted by Crippen LogP contribution is 2.28. The zero-order valence-electron chi connectivity index (χ0n) is 12.7. The summed E-state index contributed by atoms with van der Waals surface area (Å²) in [5.74, 6) is -0.0891.